The van der Waals surface area contributed by atoms with Crippen LogP contribution in [0.2, 0.25) is 0 Å². The third-order valence-corrected chi connectivity index (χ3v) is 6.46. The summed E-state index contributed by atoms with van der Waals surface area (Å²) in [5.41, 5.74) is 2.79. The van der Waals surface area contributed by atoms with Gasteiger partial charge in [-0.25, -0.2) is 9.59 Å². The number of carbonyl (C=O) groups excluding carboxylic acids is 2. The normalized spacial score (nSPS) is 20.6. The first kappa shape index (κ1) is 23.7. The van der Waals surface area contributed by atoms with Gasteiger partial charge in [-0.1, -0.05) is 48.5 Å². The van der Waals surface area contributed by atoms with Crippen LogP contribution in [0, 0.1) is 5.92 Å². The van der Waals surface area contributed by atoms with Crippen LogP contribution < -0.4 is 10.6 Å². The molecule has 0 radical (unpaired) electrons. The number of benzene rings is 2. The van der Waals surface area contributed by atoms with Gasteiger partial charge in [0.15, 0.2) is 5.54 Å². The highest BCUT2D eigenvalue weighted by Gasteiger charge is 2.39. The molecule has 9 nitrogen and oxygen atoms in total. The van der Waals surface area contributed by atoms with Crippen LogP contribution in [0.5, 0.6) is 0 Å². The largest absolute Gasteiger partial charge is 0.479 e. The van der Waals surface area contributed by atoms with Crippen LogP contribution in [0.15, 0.2) is 48.5 Å². The average molecular weight is 469 g/mol. The van der Waals surface area contributed by atoms with E-state index in [9.17, 15) is 24.6 Å². The van der Waals surface area contributed by atoms with Crippen molar-refractivity contribution in [3.63, 3.8) is 0 Å². The Morgan fingerprint density at radius 2 is 1.71 bits per heavy atom. The lowest BCUT2D eigenvalue weighted by Crippen LogP contribution is -2.56. The lowest BCUT2D eigenvalue weighted by atomic mass is 9.98. The molecule has 1 fully saturated rings. The molecule has 0 bridgehead atoms. The minimum atomic E-state index is -1.76. The van der Waals surface area contributed by atoms with Crippen molar-refractivity contribution in [2.75, 3.05) is 26.4 Å². The lowest BCUT2D eigenvalue weighted by Gasteiger charge is -2.25. The number of hydrogen-bond acceptors (Lipinski definition) is 6. The number of aliphatic hydroxyl groups is 1. The summed E-state index contributed by atoms with van der Waals surface area (Å²) in [6.45, 7) is 0.972. The zero-order valence-corrected chi connectivity index (χ0v) is 18.8. The lowest BCUT2D eigenvalue weighted by molar-refractivity contribution is -0.149. The maximum Gasteiger partial charge on any atom is 0.407 e. The summed E-state index contributed by atoms with van der Waals surface area (Å²) in [4.78, 5) is 36.0. The van der Waals surface area contributed by atoms with Gasteiger partial charge in [-0.3, -0.25) is 4.79 Å². The van der Waals surface area contributed by atoms with E-state index in [4.69, 9.17) is 9.47 Å². The monoisotopic (exact) mass is 468 g/mol. The summed E-state index contributed by atoms with van der Waals surface area (Å²) in [7, 11) is 0. The molecule has 0 aromatic heterocycles. The Hall–Kier alpha value is -3.43. The molecule has 9 heteroatoms. The number of amides is 2. The number of alkyl carbamates (subject to hydrolysis) is 1. The van der Waals surface area contributed by atoms with E-state index in [0.29, 0.717) is 6.42 Å². The molecule has 1 heterocycles. The predicted molar refractivity (Wildman–Crippen MR) is 122 cm³/mol. The van der Waals surface area contributed by atoms with Crippen LogP contribution in [0.3, 0.4) is 0 Å². The van der Waals surface area contributed by atoms with Gasteiger partial charge >= 0.3 is 12.1 Å². The van der Waals surface area contributed by atoms with Crippen LogP contribution >= 0.6 is 0 Å². The Morgan fingerprint density at radius 1 is 1.09 bits per heavy atom. The van der Waals surface area contributed by atoms with Gasteiger partial charge in [-0.15, -0.1) is 0 Å². The molecular weight excluding hydrogens is 440 g/mol. The molecule has 4 N–H and O–H groups in total. The summed E-state index contributed by atoms with van der Waals surface area (Å²) in [5, 5.41) is 23.5. The highest BCUT2D eigenvalue weighted by atomic mass is 16.5. The number of carboxylic acid groups (broad SMARTS) is 1. The van der Waals surface area contributed by atoms with Gasteiger partial charge in [0.25, 0.3) is 0 Å². The molecule has 0 spiro atoms. The van der Waals surface area contributed by atoms with E-state index < -0.39 is 42.1 Å². The SMILES string of the molecule is CC(CO)(NC(=O)[C@@H]1CO[C@H](CNC(=O)OCC2c3ccccc3-c3ccccc32)C1)C(=O)O. The van der Waals surface area contributed by atoms with E-state index in [2.05, 4.69) is 22.8 Å². The van der Waals surface area contributed by atoms with Crippen molar-refractivity contribution in [3.8, 4) is 11.1 Å². The fourth-order valence-corrected chi connectivity index (χ4v) is 4.41. The van der Waals surface area contributed by atoms with E-state index in [-0.39, 0.29) is 25.7 Å². The number of carbonyl (C=O) groups is 3. The summed E-state index contributed by atoms with van der Waals surface area (Å²) < 4.78 is 11.1. The molecule has 34 heavy (non-hydrogen) atoms. The van der Waals surface area contributed by atoms with Crippen molar-refractivity contribution < 1.29 is 34.1 Å². The first-order valence-corrected chi connectivity index (χ1v) is 11.2. The molecule has 2 aromatic carbocycles. The van der Waals surface area contributed by atoms with E-state index in [0.717, 1.165) is 22.3 Å². The second-order valence-corrected chi connectivity index (χ2v) is 8.88. The van der Waals surface area contributed by atoms with Gasteiger partial charge < -0.3 is 30.3 Å². The van der Waals surface area contributed by atoms with Gasteiger partial charge in [0.05, 0.1) is 25.2 Å². The molecule has 2 aliphatic rings. The van der Waals surface area contributed by atoms with E-state index in [1.807, 2.05) is 36.4 Å². The van der Waals surface area contributed by atoms with Crippen molar-refractivity contribution in [1.82, 2.24) is 10.6 Å². The molecule has 1 aliphatic heterocycles. The maximum absolute atomic E-state index is 12.4. The average Bonchev–Trinajstić information content (AvgIpc) is 3.44. The molecule has 1 aliphatic carbocycles. The summed E-state index contributed by atoms with van der Waals surface area (Å²) >= 11 is 0. The molecule has 2 amide bonds. The standard InChI is InChI=1S/C25H28N2O7/c1-25(14-28,23(30)31)27-22(29)15-10-16(33-12-15)11-26-24(32)34-13-21-19-8-4-2-6-17(19)18-7-3-5-9-20(18)21/h2-9,15-16,21,28H,10-14H2,1H3,(H,26,32)(H,27,29)(H,30,31)/t15-,16-,25?/m0/s1. The summed E-state index contributed by atoms with van der Waals surface area (Å²) in [6.07, 6.45) is -0.657. The summed E-state index contributed by atoms with van der Waals surface area (Å²) in [5.74, 6) is -2.44. The molecule has 4 rings (SSSR count). The third-order valence-electron chi connectivity index (χ3n) is 6.46. The molecule has 1 saturated heterocycles. The highest BCUT2D eigenvalue weighted by Crippen LogP contribution is 2.44. The topological polar surface area (TPSA) is 134 Å². The van der Waals surface area contributed by atoms with Gasteiger partial charge in [-0.05, 0) is 35.6 Å². The number of ether oxygens (including phenoxy) is 2. The first-order chi connectivity index (χ1) is 16.3. The summed E-state index contributed by atoms with van der Waals surface area (Å²) in [6, 6.07) is 16.2. The predicted octanol–water partition coefficient (Wildman–Crippen LogP) is 1.88. The van der Waals surface area contributed by atoms with E-state index in [1.54, 1.807) is 0 Å². The number of nitrogens with one attached hydrogen (secondary N) is 2. The first-order valence-electron chi connectivity index (χ1n) is 11.2. The molecule has 0 saturated carbocycles. The van der Waals surface area contributed by atoms with Crippen molar-refractivity contribution in [1.29, 1.82) is 0 Å². The Morgan fingerprint density at radius 3 is 2.29 bits per heavy atom. The van der Waals surface area contributed by atoms with Crippen molar-refractivity contribution in [2.45, 2.75) is 30.9 Å². The minimum Gasteiger partial charge on any atom is -0.479 e. The Kier molecular flexibility index (Phi) is 6.85. The Bertz CT molecular complexity index is 1040. The van der Waals surface area contributed by atoms with Crippen LogP contribution in [-0.4, -0.2) is 66.2 Å². The van der Waals surface area contributed by atoms with E-state index in [1.165, 1.54) is 6.92 Å². The Balaban J connectivity index is 1.26. The molecule has 3 atom stereocenters. The maximum atomic E-state index is 12.4. The van der Waals surface area contributed by atoms with Crippen LogP contribution in [0.4, 0.5) is 4.79 Å². The number of fused-ring (bicyclic) bond motifs is 3. The molecule has 2 aromatic rings. The second-order valence-electron chi connectivity index (χ2n) is 8.88. The smallest absolute Gasteiger partial charge is 0.407 e. The molecular formula is C25H28N2O7. The fourth-order valence-electron chi connectivity index (χ4n) is 4.41. The second kappa shape index (κ2) is 9.82. The number of aliphatic hydroxyl groups excluding tert-OH is 1. The highest BCUT2D eigenvalue weighted by molar-refractivity contribution is 5.88. The third kappa shape index (κ3) is 4.76. The van der Waals surface area contributed by atoms with Gasteiger partial charge in [-0.2, -0.15) is 0 Å². The van der Waals surface area contributed by atoms with Gasteiger partial charge in [0.2, 0.25) is 5.91 Å². The van der Waals surface area contributed by atoms with Crippen molar-refractivity contribution >= 4 is 18.0 Å². The quantitative estimate of drug-likeness (QED) is 0.465. The number of carboxylic acids is 1. The van der Waals surface area contributed by atoms with Gasteiger partial charge in [0, 0.05) is 12.5 Å². The number of aliphatic carboxylic acids is 1. The van der Waals surface area contributed by atoms with E-state index >= 15 is 0 Å². The van der Waals surface area contributed by atoms with Crippen LogP contribution in [-0.2, 0) is 19.1 Å². The van der Waals surface area contributed by atoms with Crippen LogP contribution in [0.1, 0.15) is 30.4 Å². The number of hydrogen-bond donors (Lipinski definition) is 4. The number of rotatable bonds is 8. The van der Waals surface area contributed by atoms with Crippen molar-refractivity contribution in [2.24, 2.45) is 5.92 Å². The zero-order valence-electron chi connectivity index (χ0n) is 18.8. The molecule has 180 valence electrons. The van der Waals surface area contributed by atoms with Crippen molar-refractivity contribution in [3.05, 3.63) is 59.7 Å². The molecule has 1 unspecified atom stereocenters. The minimum absolute atomic E-state index is 0.0379. The van der Waals surface area contributed by atoms with Crippen LogP contribution in [0.25, 0.3) is 11.1 Å². The van der Waals surface area contributed by atoms with Gasteiger partial charge in [0.1, 0.15) is 6.61 Å². The zero-order chi connectivity index (χ0) is 24.3. The Labute approximate surface area is 197 Å². The fraction of sp³-hybridized carbons (Fsp3) is 0.400.